The van der Waals surface area contributed by atoms with Crippen LogP contribution in [0.2, 0.25) is 0 Å². The van der Waals surface area contributed by atoms with Crippen molar-refractivity contribution in [3.8, 4) is 0 Å². The lowest BCUT2D eigenvalue weighted by atomic mass is 10.3. The van der Waals surface area contributed by atoms with Crippen LogP contribution in [0, 0.1) is 0 Å². The van der Waals surface area contributed by atoms with Gasteiger partial charge in [-0.15, -0.1) is 5.10 Å². The van der Waals surface area contributed by atoms with Crippen molar-refractivity contribution in [2.45, 2.75) is 0 Å². The summed E-state index contributed by atoms with van der Waals surface area (Å²) in [7, 11) is 0. The highest BCUT2D eigenvalue weighted by Crippen LogP contribution is 2.12. The fourth-order valence-corrected chi connectivity index (χ4v) is 1.28. The first-order valence-corrected chi connectivity index (χ1v) is 4.47. The Balaban J connectivity index is 0.000000184. The van der Waals surface area contributed by atoms with Crippen LogP contribution in [0.15, 0.2) is 24.3 Å². The normalized spacial score (nSPS) is 8.92. The number of hydrogen-bond acceptors (Lipinski definition) is 4. The van der Waals surface area contributed by atoms with Gasteiger partial charge in [-0.05, 0) is 23.7 Å². The molecule has 0 saturated heterocycles. The second-order valence-corrected chi connectivity index (χ2v) is 3.17. The van der Waals surface area contributed by atoms with Crippen LogP contribution in [0.5, 0.6) is 0 Å². The van der Waals surface area contributed by atoms with Crippen LogP contribution >= 0.6 is 23.8 Å². The van der Waals surface area contributed by atoms with Crippen molar-refractivity contribution in [1.82, 2.24) is 9.59 Å². The van der Waals surface area contributed by atoms with Gasteiger partial charge in [0.25, 0.3) is 0 Å². The Hall–Kier alpha value is -1.27. The number of hydrogen-bond donors (Lipinski definition) is 2. The van der Waals surface area contributed by atoms with Crippen LogP contribution in [-0.2, 0) is 0 Å². The highest BCUT2D eigenvalue weighted by Gasteiger charge is 1.91. The van der Waals surface area contributed by atoms with Gasteiger partial charge in [-0.25, -0.2) is 0 Å². The summed E-state index contributed by atoms with van der Waals surface area (Å²) in [5.74, 6) is 0. The highest BCUT2D eigenvalue weighted by molar-refractivity contribution is 7.79. The zero-order valence-corrected chi connectivity index (χ0v) is 8.05. The lowest BCUT2D eigenvalue weighted by Gasteiger charge is -1.78. The van der Waals surface area contributed by atoms with Crippen molar-refractivity contribution in [2.24, 2.45) is 0 Å². The van der Waals surface area contributed by atoms with E-state index in [0.717, 1.165) is 10.2 Å². The number of nitrogens with zero attached hydrogens (tertiary/aromatic N) is 2. The largest absolute Gasteiger partial charge is 0.473 e. The molecular formula is C7H6N2O2S2. The Labute approximate surface area is 83.6 Å². The number of aromatic nitrogens is 2. The molecule has 0 aliphatic carbocycles. The Morgan fingerprint density at radius 2 is 1.92 bits per heavy atom. The molecule has 0 atom stereocenters. The van der Waals surface area contributed by atoms with E-state index in [1.807, 2.05) is 24.3 Å². The summed E-state index contributed by atoms with van der Waals surface area (Å²) >= 11 is 5.07. The average Bonchev–Trinajstić information content (AvgIpc) is 2.49. The van der Waals surface area contributed by atoms with Crippen molar-refractivity contribution in [3.05, 3.63) is 24.3 Å². The zero-order chi connectivity index (χ0) is 9.68. The molecule has 0 aliphatic rings. The van der Waals surface area contributed by atoms with Gasteiger partial charge in [0.15, 0.2) is 0 Å². The Morgan fingerprint density at radius 3 is 2.54 bits per heavy atom. The van der Waals surface area contributed by atoms with E-state index in [1.165, 1.54) is 11.5 Å². The Bertz CT molecular complexity index is 368. The van der Waals surface area contributed by atoms with E-state index in [-0.39, 0.29) is 0 Å². The molecule has 2 N–H and O–H groups in total. The number of rotatable bonds is 0. The van der Waals surface area contributed by atoms with Crippen molar-refractivity contribution in [1.29, 1.82) is 0 Å². The maximum Gasteiger partial charge on any atom is 0.347 e. The van der Waals surface area contributed by atoms with Gasteiger partial charge in [-0.2, -0.15) is 0 Å². The molecule has 0 amide bonds. The number of fused-ring (bicyclic) bond motifs is 1. The molecular weight excluding hydrogens is 208 g/mol. The molecule has 2 aromatic rings. The average molecular weight is 214 g/mol. The molecule has 0 unspecified atom stereocenters. The summed E-state index contributed by atoms with van der Waals surface area (Å²) in [5.41, 5.74) is 0.988. The number of aliphatic hydroxyl groups excluding tert-OH is 1. The van der Waals surface area contributed by atoms with E-state index >= 15 is 0 Å². The number of benzene rings is 1. The van der Waals surface area contributed by atoms with E-state index in [9.17, 15) is 0 Å². The second kappa shape index (κ2) is 4.68. The molecule has 0 saturated carbocycles. The van der Waals surface area contributed by atoms with Crippen molar-refractivity contribution >= 4 is 39.2 Å². The van der Waals surface area contributed by atoms with E-state index < -0.39 is 5.24 Å². The minimum Gasteiger partial charge on any atom is -0.473 e. The highest BCUT2D eigenvalue weighted by atomic mass is 32.1. The van der Waals surface area contributed by atoms with Gasteiger partial charge in [0.2, 0.25) is 0 Å². The molecule has 2 rings (SSSR count). The predicted octanol–water partition coefficient (Wildman–Crippen LogP) is 2.08. The second-order valence-electron chi connectivity index (χ2n) is 2.02. The molecule has 13 heavy (non-hydrogen) atoms. The molecule has 0 aliphatic heterocycles. The molecule has 1 aromatic carbocycles. The first-order valence-electron chi connectivity index (χ1n) is 3.29. The van der Waals surface area contributed by atoms with Gasteiger partial charge in [-0.1, -0.05) is 16.6 Å². The van der Waals surface area contributed by atoms with Crippen LogP contribution in [0.1, 0.15) is 0 Å². The third-order valence-corrected chi connectivity index (χ3v) is 1.86. The maximum absolute atomic E-state index is 7.34. The van der Waals surface area contributed by atoms with Gasteiger partial charge < -0.3 is 10.2 Å². The van der Waals surface area contributed by atoms with Gasteiger partial charge in [0.1, 0.15) is 5.52 Å². The number of thiocarbonyl (C=S) groups is 1. The van der Waals surface area contributed by atoms with Crippen molar-refractivity contribution in [2.75, 3.05) is 0 Å². The van der Waals surface area contributed by atoms with Crippen LogP contribution in [-0.4, -0.2) is 25.0 Å². The van der Waals surface area contributed by atoms with Crippen LogP contribution < -0.4 is 0 Å². The van der Waals surface area contributed by atoms with Gasteiger partial charge >= 0.3 is 5.24 Å². The van der Waals surface area contributed by atoms with Crippen LogP contribution in [0.3, 0.4) is 0 Å². The monoisotopic (exact) mass is 214 g/mol. The van der Waals surface area contributed by atoms with Gasteiger partial charge in [0, 0.05) is 12.2 Å². The molecule has 4 nitrogen and oxygen atoms in total. The third-order valence-electron chi connectivity index (χ3n) is 1.15. The van der Waals surface area contributed by atoms with E-state index in [1.54, 1.807) is 0 Å². The minimum absolute atomic E-state index is 0.988. The maximum atomic E-state index is 7.34. The van der Waals surface area contributed by atoms with Crippen LogP contribution in [0.25, 0.3) is 10.2 Å². The summed E-state index contributed by atoms with van der Waals surface area (Å²) < 4.78 is 4.94. The van der Waals surface area contributed by atoms with Gasteiger partial charge in [0.05, 0.1) is 4.70 Å². The molecule has 68 valence electrons. The summed E-state index contributed by atoms with van der Waals surface area (Å²) in [5, 5.41) is 17.6. The first kappa shape index (κ1) is 9.82. The fraction of sp³-hybridized carbons (Fsp3) is 0. The SMILES string of the molecule is OC(O)=S.c1ccc2snnc2c1. The number of aliphatic hydroxyl groups is 2. The van der Waals surface area contributed by atoms with Crippen molar-refractivity contribution in [3.63, 3.8) is 0 Å². The predicted molar refractivity (Wildman–Crippen MR) is 55.3 cm³/mol. The van der Waals surface area contributed by atoms with Gasteiger partial charge in [-0.3, -0.25) is 0 Å². The Morgan fingerprint density at radius 1 is 1.31 bits per heavy atom. The minimum atomic E-state index is -1.000. The van der Waals surface area contributed by atoms with E-state index in [4.69, 9.17) is 10.2 Å². The summed E-state index contributed by atoms with van der Waals surface area (Å²) in [6.07, 6.45) is 0. The molecule has 1 aromatic heterocycles. The zero-order valence-electron chi connectivity index (χ0n) is 6.41. The summed E-state index contributed by atoms with van der Waals surface area (Å²) in [4.78, 5) is 0. The molecule has 0 bridgehead atoms. The lowest BCUT2D eigenvalue weighted by Crippen LogP contribution is -1.80. The Kier molecular flexibility index (Phi) is 3.53. The summed E-state index contributed by atoms with van der Waals surface area (Å²) in [6.45, 7) is 0. The smallest absolute Gasteiger partial charge is 0.347 e. The molecule has 0 fully saturated rings. The fourth-order valence-electron chi connectivity index (χ4n) is 0.725. The molecule has 1 heterocycles. The van der Waals surface area contributed by atoms with E-state index in [0.29, 0.717) is 0 Å². The lowest BCUT2D eigenvalue weighted by molar-refractivity contribution is 0.386. The first-order chi connectivity index (χ1) is 6.20. The standard InChI is InChI=1S/C6H4N2S.CH2O2S/c1-2-4-6-5(3-1)7-8-9-6;2-1(3)4/h1-4H;(H2,2,3,4). The topological polar surface area (TPSA) is 66.2 Å². The van der Waals surface area contributed by atoms with Crippen molar-refractivity contribution < 1.29 is 10.2 Å². The van der Waals surface area contributed by atoms with E-state index in [2.05, 4.69) is 21.8 Å². The molecule has 0 radical (unpaired) electrons. The quantitative estimate of drug-likeness (QED) is 0.657. The summed E-state index contributed by atoms with van der Waals surface area (Å²) in [6, 6.07) is 7.92. The molecule has 0 spiro atoms. The third kappa shape index (κ3) is 3.30. The van der Waals surface area contributed by atoms with Crippen LogP contribution in [0.4, 0.5) is 0 Å². The molecule has 6 heteroatoms.